The Labute approximate surface area is 87.5 Å². The number of fused-ring (bicyclic) bond motifs is 1. The predicted molar refractivity (Wildman–Crippen MR) is 50.1 cm³/mol. The van der Waals surface area contributed by atoms with Gasteiger partial charge in [-0.2, -0.15) is 0 Å². The predicted octanol–water partition coefficient (Wildman–Crippen LogP) is 0.388. The van der Waals surface area contributed by atoms with Crippen LogP contribution >= 0.6 is 0 Å². The van der Waals surface area contributed by atoms with Crippen molar-refractivity contribution in [1.82, 2.24) is 10.2 Å². The van der Waals surface area contributed by atoms with Gasteiger partial charge in [0.25, 0.3) is 0 Å². The average molecular weight is 214 g/mol. The highest BCUT2D eigenvalue weighted by atomic mass is 16.7. The Morgan fingerprint density at radius 1 is 1.33 bits per heavy atom. The van der Waals surface area contributed by atoms with Crippen molar-refractivity contribution in [3.63, 3.8) is 0 Å². The normalized spacial score (nSPS) is 26.9. The fourth-order valence-electron chi connectivity index (χ4n) is 1.84. The number of ether oxygens (including phenoxy) is 2. The van der Waals surface area contributed by atoms with E-state index in [0.717, 1.165) is 13.1 Å². The van der Waals surface area contributed by atoms with Gasteiger partial charge in [0.05, 0.1) is 0 Å². The van der Waals surface area contributed by atoms with Crippen LogP contribution in [-0.2, 0) is 9.47 Å². The molecule has 1 aliphatic heterocycles. The van der Waals surface area contributed by atoms with Crippen LogP contribution in [0.4, 0.5) is 9.59 Å². The molecule has 0 aromatic carbocycles. The Balaban J connectivity index is 1.62. The zero-order valence-corrected chi connectivity index (χ0v) is 8.56. The molecule has 2 rings (SSSR count). The second-order valence-electron chi connectivity index (χ2n) is 3.87. The van der Waals surface area contributed by atoms with Gasteiger partial charge < -0.3 is 19.7 Å². The van der Waals surface area contributed by atoms with E-state index < -0.39 is 12.2 Å². The molecule has 1 saturated heterocycles. The van der Waals surface area contributed by atoms with Crippen LogP contribution in [0.1, 0.15) is 6.42 Å². The molecule has 0 radical (unpaired) electrons. The van der Waals surface area contributed by atoms with Gasteiger partial charge in [0.1, 0.15) is 0 Å². The molecule has 1 N–H and O–H groups in total. The van der Waals surface area contributed by atoms with E-state index in [2.05, 4.69) is 10.1 Å². The van der Waals surface area contributed by atoms with Gasteiger partial charge in [-0.05, 0) is 18.3 Å². The minimum absolute atomic E-state index is 0.329. The van der Waals surface area contributed by atoms with Crippen LogP contribution in [0.2, 0.25) is 0 Å². The number of amides is 2. The standard InChI is InChI=1S/C9H14N2O4/c1-10-8(12)14-5-15-9(13)11-3-6-2-7(6)4-11/h6-7H,2-5H2,1H3,(H,10,12). The van der Waals surface area contributed by atoms with Gasteiger partial charge in [-0.25, -0.2) is 9.59 Å². The molecule has 1 heterocycles. The van der Waals surface area contributed by atoms with Gasteiger partial charge in [-0.15, -0.1) is 0 Å². The van der Waals surface area contributed by atoms with Crippen LogP contribution in [0.5, 0.6) is 0 Å². The summed E-state index contributed by atoms with van der Waals surface area (Å²) in [7, 11) is 1.44. The van der Waals surface area contributed by atoms with Gasteiger partial charge in [-0.1, -0.05) is 0 Å². The summed E-state index contributed by atoms with van der Waals surface area (Å²) in [6.07, 6.45) is 0.233. The van der Waals surface area contributed by atoms with Crippen molar-refractivity contribution in [2.75, 3.05) is 26.9 Å². The molecule has 0 bridgehead atoms. The van der Waals surface area contributed by atoms with E-state index in [1.807, 2.05) is 0 Å². The summed E-state index contributed by atoms with van der Waals surface area (Å²) >= 11 is 0. The van der Waals surface area contributed by atoms with Crippen molar-refractivity contribution in [2.24, 2.45) is 11.8 Å². The van der Waals surface area contributed by atoms with Crippen molar-refractivity contribution in [3.8, 4) is 0 Å². The van der Waals surface area contributed by atoms with Crippen molar-refractivity contribution >= 4 is 12.2 Å². The number of carbonyl (C=O) groups is 2. The molecule has 2 aliphatic rings. The molecule has 2 fully saturated rings. The first kappa shape index (κ1) is 10.1. The number of rotatable bonds is 2. The number of likely N-dealkylation sites (tertiary alicyclic amines) is 1. The topological polar surface area (TPSA) is 67.9 Å². The van der Waals surface area contributed by atoms with Crippen LogP contribution in [0.25, 0.3) is 0 Å². The Bertz CT molecular complexity index is 271. The van der Waals surface area contributed by atoms with E-state index in [0.29, 0.717) is 11.8 Å². The summed E-state index contributed by atoms with van der Waals surface area (Å²) in [6, 6.07) is 0. The lowest BCUT2D eigenvalue weighted by molar-refractivity contribution is 0.00995. The van der Waals surface area contributed by atoms with E-state index in [-0.39, 0.29) is 6.79 Å². The largest absolute Gasteiger partial charge is 0.412 e. The SMILES string of the molecule is CNC(=O)OCOC(=O)N1CC2CC2C1. The van der Waals surface area contributed by atoms with Gasteiger partial charge in [0, 0.05) is 20.1 Å². The fraction of sp³-hybridized carbons (Fsp3) is 0.778. The second kappa shape index (κ2) is 3.96. The van der Waals surface area contributed by atoms with Crippen molar-refractivity contribution in [2.45, 2.75) is 6.42 Å². The van der Waals surface area contributed by atoms with E-state index in [1.54, 1.807) is 4.90 Å². The van der Waals surface area contributed by atoms with E-state index in [9.17, 15) is 9.59 Å². The van der Waals surface area contributed by atoms with Gasteiger partial charge >= 0.3 is 12.2 Å². The summed E-state index contributed by atoms with van der Waals surface area (Å²) < 4.78 is 9.31. The zero-order valence-electron chi connectivity index (χ0n) is 8.56. The molecule has 0 spiro atoms. The summed E-state index contributed by atoms with van der Waals surface area (Å²) in [5.74, 6) is 1.36. The second-order valence-corrected chi connectivity index (χ2v) is 3.87. The molecular weight excluding hydrogens is 200 g/mol. The number of carbonyl (C=O) groups excluding carboxylic acids is 2. The molecule has 1 saturated carbocycles. The molecular formula is C9H14N2O4. The van der Waals surface area contributed by atoms with Crippen LogP contribution in [0.3, 0.4) is 0 Å². The number of piperidine rings is 1. The maximum Gasteiger partial charge on any atom is 0.412 e. The average Bonchev–Trinajstić information content (AvgIpc) is 2.85. The van der Waals surface area contributed by atoms with Crippen LogP contribution in [0.15, 0.2) is 0 Å². The lowest BCUT2D eigenvalue weighted by atomic mass is 10.4. The number of nitrogens with zero attached hydrogens (tertiary/aromatic N) is 1. The number of nitrogens with one attached hydrogen (secondary N) is 1. The first-order chi connectivity index (χ1) is 7.20. The van der Waals surface area contributed by atoms with Crippen LogP contribution < -0.4 is 5.32 Å². The van der Waals surface area contributed by atoms with Crippen LogP contribution in [0, 0.1) is 11.8 Å². The molecule has 15 heavy (non-hydrogen) atoms. The zero-order chi connectivity index (χ0) is 10.8. The molecule has 6 nitrogen and oxygen atoms in total. The number of hydrogen-bond donors (Lipinski definition) is 1. The third-order valence-corrected chi connectivity index (χ3v) is 2.81. The fourth-order valence-corrected chi connectivity index (χ4v) is 1.84. The van der Waals surface area contributed by atoms with Gasteiger partial charge in [0.2, 0.25) is 6.79 Å². The number of alkyl carbamates (subject to hydrolysis) is 1. The van der Waals surface area contributed by atoms with Crippen molar-refractivity contribution < 1.29 is 19.1 Å². The Morgan fingerprint density at radius 3 is 2.60 bits per heavy atom. The number of hydrogen-bond acceptors (Lipinski definition) is 4. The minimum atomic E-state index is -0.605. The monoisotopic (exact) mass is 214 g/mol. The molecule has 6 heteroatoms. The smallest absolute Gasteiger partial charge is 0.412 e. The Morgan fingerprint density at radius 2 is 2.00 bits per heavy atom. The Kier molecular flexibility index (Phi) is 2.66. The van der Waals surface area contributed by atoms with E-state index in [4.69, 9.17) is 4.74 Å². The van der Waals surface area contributed by atoms with Crippen LogP contribution in [-0.4, -0.2) is 44.0 Å². The summed E-state index contributed by atoms with van der Waals surface area (Å²) in [4.78, 5) is 23.7. The quantitative estimate of drug-likeness (QED) is 0.675. The first-order valence-electron chi connectivity index (χ1n) is 4.97. The summed E-state index contributed by atoms with van der Waals surface area (Å²) in [6.45, 7) is 1.23. The maximum atomic E-state index is 11.4. The lowest BCUT2D eigenvalue weighted by Crippen LogP contribution is -2.32. The van der Waals surface area contributed by atoms with Crippen molar-refractivity contribution in [1.29, 1.82) is 0 Å². The maximum absolute atomic E-state index is 11.4. The summed E-state index contributed by atoms with van der Waals surface area (Å²) in [5.41, 5.74) is 0. The highest BCUT2D eigenvalue weighted by molar-refractivity contribution is 5.69. The molecule has 0 aromatic rings. The Hall–Kier alpha value is -1.46. The third-order valence-electron chi connectivity index (χ3n) is 2.81. The van der Waals surface area contributed by atoms with Gasteiger partial charge in [0.15, 0.2) is 0 Å². The molecule has 0 aromatic heterocycles. The molecule has 2 amide bonds. The molecule has 84 valence electrons. The minimum Gasteiger partial charge on any atom is -0.412 e. The first-order valence-corrected chi connectivity index (χ1v) is 4.97. The van der Waals surface area contributed by atoms with Crippen molar-refractivity contribution in [3.05, 3.63) is 0 Å². The molecule has 1 aliphatic carbocycles. The highest BCUT2D eigenvalue weighted by Gasteiger charge is 2.47. The molecule has 2 unspecified atom stereocenters. The molecule has 2 atom stereocenters. The van der Waals surface area contributed by atoms with Gasteiger partial charge in [-0.3, -0.25) is 0 Å². The summed E-state index contributed by atoms with van der Waals surface area (Å²) in [5, 5.41) is 2.26. The third kappa shape index (κ3) is 2.31. The van der Waals surface area contributed by atoms with E-state index in [1.165, 1.54) is 13.5 Å². The highest BCUT2D eigenvalue weighted by Crippen LogP contribution is 2.44. The van der Waals surface area contributed by atoms with E-state index >= 15 is 0 Å². The lowest BCUT2D eigenvalue weighted by Gasteiger charge is -2.17.